The normalized spacial score (nSPS) is 10.6. The second-order valence-electron chi connectivity index (χ2n) is 16.7. The Labute approximate surface area is 448 Å². The number of carbonyl (C=O) groups is 6. The number of rotatable bonds is 14. The quantitative estimate of drug-likeness (QED) is 0.0458. The Kier molecular flexibility index (Phi) is 22.9. The van der Waals surface area contributed by atoms with E-state index in [1.54, 1.807) is 74.5 Å². The van der Waals surface area contributed by atoms with E-state index in [2.05, 4.69) is 38.4 Å². The first kappa shape index (κ1) is 58.9. The Morgan fingerprint density at radius 3 is 1.52 bits per heavy atom. The van der Waals surface area contributed by atoms with Crippen molar-refractivity contribution in [2.45, 2.75) is 48.5 Å². The number of aromatic carboxylic acids is 1. The van der Waals surface area contributed by atoms with Gasteiger partial charge in [-0.15, -0.1) is 5.92 Å². The van der Waals surface area contributed by atoms with Gasteiger partial charge < -0.3 is 36.4 Å². The Bertz CT molecular complexity index is 3260. The summed E-state index contributed by atoms with van der Waals surface area (Å²) >= 11 is 11.9. The van der Waals surface area contributed by atoms with E-state index in [0.717, 1.165) is 33.4 Å². The smallest absolute Gasteiger partial charge is 0.337 e. The molecule has 15 heteroatoms. The van der Waals surface area contributed by atoms with Crippen LogP contribution in [-0.4, -0.2) is 61.3 Å². The van der Waals surface area contributed by atoms with Crippen LogP contribution in [0, 0.1) is 46.5 Å². The van der Waals surface area contributed by atoms with Crippen molar-refractivity contribution in [2.24, 2.45) is 0 Å². The largest absolute Gasteiger partial charge is 0.481 e. The third-order valence-electron chi connectivity index (χ3n) is 11.2. The molecule has 0 aromatic heterocycles. The standard InChI is InChI=1S/C22H21ClN2O3.C19H19ClN2O2.C19H19NO3/c1-4-5-12-28-20-13-16(7-6-15(20)2)8-11-21(26)25-19-10-9-17(23)14-18(19)22(27)24-3;1-12-4-5-14(10-13(12)2)6-9-18(23)22-17-8-7-15(20)11-16(17)19(24)21-3;1-12-8-9-15(10-13(12)2)11-14(3)18(21)20-17-7-5-4-6-16(17)19(22)23/h6-11,13-14H,12H2,1-3H3,(H,24,27)(H,25,26);4-11H,1-3H3,(H,21,24)(H,22,23);4-11H,1-3H3,(H,20,21)(H,22,23)/b11-8+;9-6+;14-11+. The predicted molar refractivity (Wildman–Crippen MR) is 303 cm³/mol. The molecule has 6 N–H and O–H groups in total. The zero-order valence-electron chi connectivity index (χ0n) is 43.1. The summed E-state index contributed by atoms with van der Waals surface area (Å²) in [5, 5.41) is 23.1. The molecule has 0 heterocycles. The molecule has 6 aromatic carbocycles. The number of hydrogen-bond donors (Lipinski definition) is 6. The number of nitrogens with one attached hydrogen (secondary N) is 5. The van der Waals surface area contributed by atoms with Gasteiger partial charge in [-0.3, -0.25) is 24.0 Å². The predicted octanol–water partition coefficient (Wildman–Crippen LogP) is 12.1. The van der Waals surface area contributed by atoms with Gasteiger partial charge in [0.05, 0.1) is 33.8 Å². The maximum absolute atomic E-state index is 12.3. The Balaban J connectivity index is 0.000000245. The van der Waals surface area contributed by atoms with Crippen LogP contribution in [0.25, 0.3) is 18.2 Å². The summed E-state index contributed by atoms with van der Waals surface area (Å²) < 4.78 is 5.62. The summed E-state index contributed by atoms with van der Waals surface area (Å²) in [5.74, 6) is 3.61. The number of carboxylic acids is 1. The fourth-order valence-corrected chi connectivity index (χ4v) is 7.03. The van der Waals surface area contributed by atoms with Gasteiger partial charge in [-0.1, -0.05) is 89.8 Å². The molecule has 13 nitrogen and oxygen atoms in total. The first-order chi connectivity index (χ1) is 35.7. The second-order valence-corrected chi connectivity index (χ2v) is 17.6. The summed E-state index contributed by atoms with van der Waals surface area (Å²) in [4.78, 5) is 71.7. The lowest BCUT2D eigenvalue weighted by molar-refractivity contribution is -0.113. The van der Waals surface area contributed by atoms with E-state index in [4.69, 9.17) is 33.0 Å². The number of amides is 5. The van der Waals surface area contributed by atoms with Gasteiger partial charge in [-0.25, -0.2) is 4.79 Å². The van der Waals surface area contributed by atoms with Gasteiger partial charge in [0.15, 0.2) is 0 Å². The van der Waals surface area contributed by atoms with Crippen molar-refractivity contribution in [3.63, 3.8) is 0 Å². The summed E-state index contributed by atoms with van der Waals surface area (Å²) in [6.07, 6.45) is 8.01. The van der Waals surface area contributed by atoms with Gasteiger partial charge in [0, 0.05) is 41.9 Å². The molecule has 0 radical (unpaired) electrons. The lowest BCUT2D eigenvalue weighted by Gasteiger charge is -2.09. The molecule has 0 aliphatic heterocycles. The van der Waals surface area contributed by atoms with E-state index in [0.29, 0.717) is 50.5 Å². The van der Waals surface area contributed by atoms with E-state index in [-0.39, 0.29) is 40.8 Å². The monoisotopic (exact) mass is 1050 g/mol. The fourth-order valence-electron chi connectivity index (χ4n) is 6.69. The molecule has 5 amide bonds. The molecule has 6 rings (SSSR count). The number of ether oxygens (including phenoxy) is 1. The van der Waals surface area contributed by atoms with Crippen LogP contribution in [0.3, 0.4) is 0 Å². The minimum Gasteiger partial charge on any atom is -0.481 e. The molecule has 0 spiro atoms. The van der Waals surface area contributed by atoms with Crippen LogP contribution in [0.4, 0.5) is 17.1 Å². The van der Waals surface area contributed by atoms with Crippen LogP contribution in [0.1, 0.15) is 89.4 Å². The molecule has 0 unspecified atom stereocenters. The zero-order valence-corrected chi connectivity index (χ0v) is 44.6. The number of halogens is 2. The maximum atomic E-state index is 12.3. The molecule has 0 saturated carbocycles. The van der Waals surface area contributed by atoms with Gasteiger partial charge in [0.25, 0.3) is 17.7 Å². The fraction of sp³-hybridized carbons (Fsp3) is 0.167. The second kappa shape index (κ2) is 29.1. The van der Waals surface area contributed by atoms with Crippen molar-refractivity contribution in [3.05, 3.63) is 204 Å². The molecule has 0 atom stereocenters. The zero-order chi connectivity index (χ0) is 55.2. The van der Waals surface area contributed by atoms with Crippen LogP contribution >= 0.6 is 23.2 Å². The summed E-state index contributed by atoms with van der Waals surface area (Å²) in [7, 11) is 3.03. The molecule has 386 valence electrons. The topological polar surface area (TPSA) is 192 Å². The van der Waals surface area contributed by atoms with Crippen molar-refractivity contribution >= 4 is 94.0 Å². The highest BCUT2D eigenvalue weighted by atomic mass is 35.5. The first-order valence-corrected chi connectivity index (χ1v) is 24.1. The van der Waals surface area contributed by atoms with Crippen molar-refractivity contribution in [1.29, 1.82) is 0 Å². The third kappa shape index (κ3) is 18.7. The van der Waals surface area contributed by atoms with E-state index < -0.39 is 5.97 Å². The lowest BCUT2D eigenvalue weighted by atomic mass is 10.0. The van der Waals surface area contributed by atoms with Crippen molar-refractivity contribution in [2.75, 3.05) is 36.7 Å². The number of hydrogen-bond acceptors (Lipinski definition) is 7. The Morgan fingerprint density at radius 2 is 1.03 bits per heavy atom. The van der Waals surface area contributed by atoms with Crippen LogP contribution in [-0.2, 0) is 14.4 Å². The number of para-hydroxylation sites is 1. The SMILES string of the molecule is C/C(=C\c1ccc(C)c(C)c1)C(=O)Nc1ccccc1C(=O)O.CC#CCOc1cc(/C=C/C(=O)Nc2ccc(Cl)cc2C(=O)NC)ccc1C.CNC(=O)c1cc(Cl)ccc1NC(=O)/C=C/c1ccc(C)c(C)c1. The highest BCUT2D eigenvalue weighted by Gasteiger charge is 2.15. The average molecular weight is 1050 g/mol. The van der Waals surface area contributed by atoms with Crippen LogP contribution < -0.4 is 31.3 Å². The van der Waals surface area contributed by atoms with Crippen LogP contribution in [0.5, 0.6) is 5.75 Å². The van der Waals surface area contributed by atoms with Gasteiger partial charge in [0.1, 0.15) is 12.4 Å². The van der Waals surface area contributed by atoms with E-state index in [1.165, 1.54) is 55.6 Å². The van der Waals surface area contributed by atoms with Crippen molar-refractivity contribution < 1.29 is 38.6 Å². The molecule has 6 aromatic rings. The van der Waals surface area contributed by atoms with E-state index >= 15 is 0 Å². The number of benzene rings is 6. The molecule has 0 aliphatic rings. The van der Waals surface area contributed by atoms with E-state index in [9.17, 15) is 28.8 Å². The number of carboxylic acid groups (broad SMARTS) is 1. The van der Waals surface area contributed by atoms with Crippen molar-refractivity contribution in [1.82, 2.24) is 10.6 Å². The first-order valence-electron chi connectivity index (χ1n) is 23.3. The number of anilines is 3. The molecular weight excluding hydrogens is 990 g/mol. The minimum atomic E-state index is -1.07. The molecular formula is C60H59Cl2N5O8. The van der Waals surface area contributed by atoms with Crippen LogP contribution in [0.2, 0.25) is 10.0 Å². The lowest BCUT2D eigenvalue weighted by Crippen LogP contribution is -2.20. The molecule has 0 aliphatic carbocycles. The summed E-state index contributed by atoms with van der Waals surface area (Å²) in [6.45, 7) is 13.8. The average Bonchev–Trinajstić information content (AvgIpc) is 3.39. The Hall–Kier alpha value is -8.70. The summed E-state index contributed by atoms with van der Waals surface area (Å²) in [5.41, 5.74) is 10.6. The third-order valence-corrected chi connectivity index (χ3v) is 11.6. The molecule has 75 heavy (non-hydrogen) atoms. The number of carbonyl (C=O) groups excluding carboxylic acids is 5. The molecule has 0 bridgehead atoms. The molecule has 0 fully saturated rings. The van der Waals surface area contributed by atoms with Gasteiger partial charge in [-0.2, -0.15) is 0 Å². The van der Waals surface area contributed by atoms with Crippen LogP contribution in [0.15, 0.2) is 133 Å². The highest BCUT2D eigenvalue weighted by Crippen LogP contribution is 2.24. The number of aryl methyl sites for hydroxylation is 5. The van der Waals surface area contributed by atoms with E-state index in [1.807, 2.05) is 89.2 Å². The van der Waals surface area contributed by atoms with Crippen molar-refractivity contribution in [3.8, 4) is 17.6 Å². The van der Waals surface area contributed by atoms with Gasteiger partial charge in [0.2, 0.25) is 11.8 Å². The molecule has 0 saturated heterocycles. The summed E-state index contributed by atoms with van der Waals surface area (Å²) in [6, 6.07) is 33.4. The minimum absolute atomic E-state index is 0.0693. The van der Waals surface area contributed by atoms with Gasteiger partial charge >= 0.3 is 5.97 Å². The maximum Gasteiger partial charge on any atom is 0.337 e. The van der Waals surface area contributed by atoms with Gasteiger partial charge in [-0.05, 0) is 166 Å². The Morgan fingerprint density at radius 1 is 0.560 bits per heavy atom. The highest BCUT2D eigenvalue weighted by molar-refractivity contribution is 6.31.